The molecule has 24 heavy (non-hydrogen) atoms. The van der Waals surface area contributed by atoms with Gasteiger partial charge in [0, 0.05) is 30.3 Å². The van der Waals surface area contributed by atoms with Crippen LogP contribution in [0, 0.1) is 0 Å². The summed E-state index contributed by atoms with van der Waals surface area (Å²) in [6.45, 7) is 2.63. The van der Waals surface area contributed by atoms with Crippen LogP contribution in [0.1, 0.15) is 54.4 Å². The summed E-state index contributed by atoms with van der Waals surface area (Å²) in [7, 11) is 0. The minimum Gasteiger partial charge on any atom is -0.352 e. The number of unbranched alkanes of at least 4 members (excludes halogenated alkanes) is 2. The maximum absolute atomic E-state index is 11.9. The number of nitrogens with zero attached hydrogens (tertiary/aromatic N) is 2. The highest BCUT2D eigenvalue weighted by atomic mass is 32.1. The molecule has 8 heteroatoms. The van der Waals surface area contributed by atoms with Crippen LogP contribution >= 0.6 is 22.7 Å². The molecule has 2 heterocycles. The van der Waals surface area contributed by atoms with Crippen LogP contribution in [0.2, 0.25) is 0 Å². The van der Waals surface area contributed by atoms with E-state index in [0.717, 1.165) is 17.8 Å². The Labute approximate surface area is 149 Å². The summed E-state index contributed by atoms with van der Waals surface area (Å²) in [5, 5.41) is 18.8. The Bertz CT molecular complexity index is 640. The predicted octanol–water partition coefficient (Wildman–Crippen LogP) is 3.48. The molecule has 130 valence electrons. The third-order valence-electron chi connectivity index (χ3n) is 3.36. The van der Waals surface area contributed by atoms with Gasteiger partial charge in [0.1, 0.15) is 5.01 Å². The molecule has 6 nitrogen and oxygen atoms in total. The van der Waals surface area contributed by atoms with E-state index in [2.05, 4.69) is 27.8 Å². The monoisotopic (exact) mass is 366 g/mol. The van der Waals surface area contributed by atoms with Crippen molar-refractivity contribution in [1.29, 1.82) is 0 Å². The van der Waals surface area contributed by atoms with Crippen LogP contribution in [0.5, 0.6) is 0 Å². The second-order valence-corrected chi connectivity index (χ2v) is 7.22. The number of aryl methyl sites for hydroxylation is 1. The highest BCUT2D eigenvalue weighted by molar-refractivity contribution is 7.15. The summed E-state index contributed by atoms with van der Waals surface area (Å²) in [5.74, 6) is -0.200. The summed E-state index contributed by atoms with van der Waals surface area (Å²) in [6.07, 6.45) is 5.29. The van der Waals surface area contributed by atoms with E-state index in [9.17, 15) is 9.59 Å². The molecule has 0 saturated carbocycles. The summed E-state index contributed by atoms with van der Waals surface area (Å²) in [4.78, 5) is 23.6. The average Bonchev–Trinajstić information content (AvgIpc) is 3.23. The van der Waals surface area contributed by atoms with E-state index < -0.39 is 0 Å². The van der Waals surface area contributed by atoms with E-state index >= 15 is 0 Å². The molecule has 2 aromatic rings. The maximum Gasteiger partial charge on any atom is 0.252 e. The van der Waals surface area contributed by atoms with Gasteiger partial charge in [-0.25, -0.2) is 0 Å². The first-order valence-electron chi connectivity index (χ1n) is 8.11. The van der Waals surface area contributed by atoms with E-state index in [1.54, 1.807) is 11.4 Å². The third-order valence-corrected chi connectivity index (χ3v) is 4.94. The van der Waals surface area contributed by atoms with Crippen molar-refractivity contribution in [2.45, 2.75) is 45.4 Å². The largest absolute Gasteiger partial charge is 0.352 e. The van der Waals surface area contributed by atoms with Crippen LogP contribution in [0.4, 0.5) is 5.13 Å². The number of carbonyl (C=O) groups excluding carboxylic acids is 2. The Morgan fingerprint density at radius 1 is 1.21 bits per heavy atom. The summed E-state index contributed by atoms with van der Waals surface area (Å²) in [6, 6.07) is 1.78. The fourth-order valence-corrected chi connectivity index (χ4v) is 3.49. The van der Waals surface area contributed by atoms with Crippen LogP contribution in [0.15, 0.2) is 16.8 Å². The number of thiophene rings is 1. The second-order valence-electron chi connectivity index (χ2n) is 5.38. The third kappa shape index (κ3) is 6.37. The van der Waals surface area contributed by atoms with Crippen molar-refractivity contribution >= 4 is 39.6 Å². The van der Waals surface area contributed by atoms with Gasteiger partial charge in [0.2, 0.25) is 11.0 Å². The van der Waals surface area contributed by atoms with Crippen LogP contribution in [0.25, 0.3) is 0 Å². The van der Waals surface area contributed by atoms with Crippen molar-refractivity contribution in [2.24, 2.45) is 0 Å². The predicted molar refractivity (Wildman–Crippen MR) is 97.7 cm³/mol. The number of rotatable bonds is 10. The second kappa shape index (κ2) is 10.1. The molecule has 0 unspecified atom stereocenters. The highest BCUT2D eigenvalue weighted by Crippen LogP contribution is 2.17. The van der Waals surface area contributed by atoms with Gasteiger partial charge in [-0.3, -0.25) is 9.59 Å². The van der Waals surface area contributed by atoms with Gasteiger partial charge < -0.3 is 10.6 Å². The van der Waals surface area contributed by atoms with Gasteiger partial charge in [0.05, 0.1) is 0 Å². The fourth-order valence-electron chi connectivity index (χ4n) is 2.06. The molecule has 2 rings (SSSR count). The average molecular weight is 367 g/mol. The Kier molecular flexibility index (Phi) is 7.84. The lowest BCUT2D eigenvalue weighted by atomic mass is 10.2. The molecule has 0 spiro atoms. The number of nitrogens with one attached hydrogen (secondary N) is 2. The molecule has 0 bridgehead atoms. The van der Waals surface area contributed by atoms with Crippen LogP contribution < -0.4 is 10.6 Å². The van der Waals surface area contributed by atoms with Crippen LogP contribution in [0.3, 0.4) is 0 Å². The molecular weight excluding hydrogens is 344 g/mol. The number of hydrogen-bond donors (Lipinski definition) is 2. The smallest absolute Gasteiger partial charge is 0.252 e. The van der Waals surface area contributed by atoms with E-state index in [1.165, 1.54) is 35.5 Å². The van der Waals surface area contributed by atoms with Crippen molar-refractivity contribution in [2.75, 3.05) is 11.9 Å². The Morgan fingerprint density at radius 3 is 2.83 bits per heavy atom. The van der Waals surface area contributed by atoms with Gasteiger partial charge in [-0.1, -0.05) is 31.1 Å². The Hall–Kier alpha value is -1.80. The van der Waals surface area contributed by atoms with Gasteiger partial charge >= 0.3 is 0 Å². The highest BCUT2D eigenvalue weighted by Gasteiger charge is 2.09. The number of anilines is 1. The molecule has 0 radical (unpaired) electrons. The maximum atomic E-state index is 11.9. The zero-order valence-electron chi connectivity index (χ0n) is 13.7. The molecule has 2 N–H and O–H groups in total. The van der Waals surface area contributed by atoms with Gasteiger partial charge in [0.15, 0.2) is 0 Å². The van der Waals surface area contributed by atoms with Gasteiger partial charge in [-0.05, 0) is 24.3 Å². The first-order chi connectivity index (χ1) is 11.7. The molecule has 0 aliphatic carbocycles. The van der Waals surface area contributed by atoms with Crippen LogP contribution in [-0.2, 0) is 11.2 Å². The number of aromatic nitrogens is 2. The number of hydrogen-bond acceptors (Lipinski definition) is 6. The molecule has 0 aliphatic rings. The van der Waals surface area contributed by atoms with Crippen LogP contribution in [-0.4, -0.2) is 28.6 Å². The molecule has 2 amide bonds. The first kappa shape index (κ1) is 18.5. The van der Waals surface area contributed by atoms with Crippen molar-refractivity contribution < 1.29 is 9.59 Å². The zero-order valence-corrected chi connectivity index (χ0v) is 15.3. The summed E-state index contributed by atoms with van der Waals surface area (Å²) >= 11 is 2.92. The minimum atomic E-state index is -0.101. The molecule has 0 fully saturated rings. The topological polar surface area (TPSA) is 84.0 Å². The quantitative estimate of drug-likeness (QED) is 0.631. The van der Waals surface area contributed by atoms with Crippen molar-refractivity contribution in [3.8, 4) is 0 Å². The Balaban J connectivity index is 1.62. The lowest BCUT2D eigenvalue weighted by Crippen LogP contribution is -2.25. The molecule has 0 aliphatic heterocycles. The molecule has 0 saturated heterocycles. The number of carbonyl (C=O) groups is 2. The SMILES string of the molecule is CCCCCc1nnc(NC(=O)CCCNC(=O)c2ccsc2)s1. The lowest BCUT2D eigenvalue weighted by Gasteiger charge is -2.03. The molecule has 0 aromatic carbocycles. The van der Waals surface area contributed by atoms with Crippen molar-refractivity contribution in [3.63, 3.8) is 0 Å². The fraction of sp³-hybridized carbons (Fsp3) is 0.500. The number of amides is 2. The van der Waals surface area contributed by atoms with E-state index in [0.29, 0.717) is 30.1 Å². The van der Waals surface area contributed by atoms with Gasteiger partial charge in [-0.2, -0.15) is 11.3 Å². The van der Waals surface area contributed by atoms with E-state index in [1.807, 2.05) is 5.38 Å². The molecule has 0 atom stereocenters. The molecular formula is C16H22N4O2S2. The normalized spacial score (nSPS) is 10.5. The minimum absolute atomic E-state index is 0.0995. The standard InChI is InChI=1S/C16H22N4O2S2/c1-2-3-4-7-14-19-20-16(24-14)18-13(21)6-5-9-17-15(22)12-8-10-23-11-12/h8,10-11H,2-7,9H2,1H3,(H,17,22)(H,18,20,21). The van der Waals surface area contributed by atoms with Crippen molar-refractivity contribution in [1.82, 2.24) is 15.5 Å². The van der Waals surface area contributed by atoms with Gasteiger partial charge in [0.25, 0.3) is 5.91 Å². The summed E-state index contributed by atoms with van der Waals surface area (Å²) < 4.78 is 0. The zero-order chi connectivity index (χ0) is 17.2. The van der Waals surface area contributed by atoms with E-state index in [-0.39, 0.29) is 11.8 Å². The lowest BCUT2D eigenvalue weighted by molar-refractivity contribution is -0.116. The molecule has 2 aromatic heterocycles. The Morgan fingerprint density at radius 2 is 2.08 bits per heavy atom. The summed E-state index contributed by atoms with van der Waals surface area (Å²) in [5.41, 5.74) is 0.661. The first-order valence-corrected chi connectivity index (χ1v) is 9.87. The van der Waals surface area contributed by atoms with E-state index in [4.69, 9.17) is 0 Å². The van der Waals surface area contributed by atoms with Gasteiger partial charge in [-0.15, -0.1) is 10.2 Å². The van der Waals surface area contributed by atoms with Crippen molar-refractivity contribution in [3.05, 3.63) is 27.4 Å².